The van der Waals surface area contributed by atoms with Crippen molar-refractivity contribution >= 4 is 5.65 Å². The van der Waals surface area contributed by atoms with Crippen LogP contribution in [0.5, 0.6) is 0 Å². The average molecular weight is 438 g/mol. The Labute approximate surface area is 191 Å². The molecule has 5 aromatic rings. The highest BCUT2D eigenvalue weighted by Crippen LogP contribution is 2.30. The maximum atomic E-state index is 5.56. The standard InChI is InChI=1S/C26H23N5O2/c1-2-4-19(5-3-1)22-10-11-24-28-25(20-6-8-21(9-7-20)26-27-18-33-29-26)23(31(24)16-22)17-30-12-14-32-15-13-30/h1-11,16,18H,12-15,17H2. The fourth-order valence-electron chi connectivity index (χ4n) is 4.32. The van der Waals surface area contributed by atoms with Crippen LogP contribution in [0.15, 0.2) is 83.8 Å². The summed E-state index contributed by atoms with van der Waals surface area (Å²) in [6.07, 6.45) is 3.54. The molecule has 0 amide bonds. The van der Waals surface area contributed by atoms with E-state index in [9.17, 15) is 0 Å². The average Bonchev–Trinajstić information content (AvgIpc) is 3.54. The van der Waals surface area contributed by atoms with Crippen molar-refractivity contribution in [2.24, 2.45) is 0 Å². The molecule has 4 heterocycles. The third-order valence-corrected chi connectivity index (χ3v) is 6.08. The summed E-state index contributed by atoms with van der Waals surface area (Å²) < 4.78 is 12.7. The molecule has 0 unspecified atom stereocenters. The van der Waals surface area contributed by atoms with Gasteiger partial charge in [-0.1, -0.05) is 59.8 Å². The molecule has 0 aliphatic carbocycles. The van der Waals surface area contributed by atoms with E-state index in [1.54, 1.807) is 0 Å². The predicted octanol–water partition coefficient (Wildman–Crippen LogP) is 4.55. The molecule has 6 rings (SSSR count). The van der Waals surface area contributed by atoms with Crippen LogP contribution in [-0.2, 0) is 11.3 Å². The van der Waals surface area contributed by atoms with E-state index in [1.807, 2.05) is 18.2 Å². The minimum atomic E-state index is 0.581. The second-order valence-corrected chi connectivity index (χ2v) is 8.14. The van der Waals surface area contributed by atoms with Crippen molar-refractivity contribution in [3.8, 4) is 33.8 Å². The topological polar surface area (TPSA) is 68.7 Å². The molecule has 0 bridgehead atoms. The number of rotatable bonds is 5. The number of benzene rings is 2. The molecule has 0 radical (unpaired) electrons. The van der Waals surface area contributed by atoms with Gasteiger partial charge in [0.15, 0.2) is 0 Å². The van der Waals surface area contributed by atoms with Crippen LogP contribution in [0.1, 0.15) is 5.69 Å². The highest BCUT2D eigenvalue weighted by molar-refractivity contribution is 5.71. The van der Waals surface area contributed by atoms with Gasteiger partial charge in [0.2, 0.25) is 12.2 Å². The fraction of sp³-hybridized carbons (Fsp3) is 0.192. The van der Waals surface area contributed by atoms with Gasteiger partial charge >= 0.3 is 0 Å². The van der Waals surface area contributed by atoms with Gasteiger partial charge in [0.1, 0.15) is 5.65 Å². The zero-order chi connectivity index (χ0) is 22.0. The summed E-state index contributed by atoms with van der Waals surface area (Å²) in [5, 5.41) is 3.93. The van der Waals surface area contributed by atoms with Crippen molar-refractivity contribution in [2.75, 3.05) is 26.3 Å². The summed E-state index contributed by atoms with van der Waals surface area (Å²) >= 11 is 0. The number of morpholine rings is 1. The van der Waals surface area contributed by atoms with E-state index in [-0.39, 0.29) is 0 Å². The zero-order valence-electron chi connectivity index (χ0n) is 18.1. The van der Waals surface area contributed by atoms with Crippen LogP contribution in [0.3, 0.4) is 0 Å². The summed E-state index contributed by atoms with van der Waals surface area (Å²) in [6, 6.07) is 22.9. The van der Waals surface area contributed by atoms with Crippen molar-refractivity contribution < 1.29 is 9.26 Å². The number of pyridine rings is 1. The molecule has 7 nitrogen and oxygen atoms in total. The number of aromatic nitrogens is 4. The van der Waals surface area contributed by atoms with Crippen molar-refractivity contribution in [2.45, 2.75) is 6.54 Å². The van der Waals surface area contributed by atoms with Crippen LogP contribution >= 0.6 is 0 Å². The Kier molecular flexibility index (Phi) is 5.18. The van der Waals surface area contributed by atoms with E-state index in [4.69, 9.17) is 14.2 Å². The van der Waals surface area contributed by atoms with Crippen molar-refractivity contribution in [1.29, 1.82) is 0 Å². The second kappa shape index (κ2) is 8.61. The minimum absolute atomic E-state index is 0.581. The zero-order valence-corrected chi connectivity index (χ0v) is 18.1. The highest BCUT2D eigenvalue weighted by Gasteiger charge is 2.19. The van der Waals surface area contributed by atoms with Crippen molar-refractivity contribution in [1.82, 2.24) is 24.4 Å². The van der Waals surface area contributed by atoms with Gasteiger partial charge in [0, 0.05) is 37.0 Å². The molecule has 164 valence electrons. The molecule has 0 atom stereocenters. The monoisotopic (exact) mass is 437 g/mol. The second-order valence-electron chi connectivity index (χ2n) is 8.14. The van der Waals surface area contributed by atoms with E-state index in [2.05, 4.69) is 74.2 Å². The van der Waals surface area contributed by atoms with Crippen molar-refractivity contribution in [3.63, 3.8) is 0 Å². The Morgan fingerprint density at radius 2 is 1.55 bits per heavy atom. The van der Waals surface area contributed by atoms with Gasteiger partial charge in [-0.3, -0.25) is 4.90 Å². The molecule has 33 heavy (non-hydrogen) atoms. The lowest BCUT2D eigenvalue weighted by atomic mass is 10.1. The van der Waals surface area contributed by atoms with Crippen molar-refractivity contribution in [3.05, 3.63) is 85.0 Å². The number of nitrogens with zero attached hydrogens (tertiary/aromatic N) is 5. The summed E-state index contributed by atoms with van der Waals surface area (Å²) in [6.45, 7) is 4.18. The first-order valence-electron chi connectivity index (χ1n) is 11.1. The molecule has 0 saturated carbocycles. The highest BCUT2D eigenvalue weighted by atomic mass is 16.5. The molecular formula is C26H23N5O2. The Balaban J connectivity index is 1.45. The molecule has 0 N–H and O–H groups in total. The summed E-state index contributed by atoms with van der Waals surface area (Å²) in [7, 11) is 0. The van der Waals surface area contributed by atoms with Crippen LogP contribution in [0.2, 0.25) is 0 Å². The van der Waals surface area contributed by atoms with Crippen LogP contribution < -0.4 is 0 Å². The first-order valence-corrected chi connectivity index (χ1v) is 11.1. The molecule has 1 aliphatic heterocycles. The molecule has 1 saturated heterocycles. The van der Waals surface area contributed by atoms with E-state index >= 15 is 0 Å². The Hall–Kier alpha value is -3.81. The lowest BCUT2D eigenvalue weighted by Crippen LogP contribution is -2.36. The number of hydrogen-bond donors (Lipinski definition) is 0. The van der Waals surface area contributed by atoms with Gasteiger partial charge in [-0.05, 0) is 23.3 Å². The summed E-state index contributed by atoms with van der Waals surface area (Å²) in [5.74, 6) is 0.581. The van der Waals surface area contributed by atoms with Crippen LogP contribution in [0.25, 0.3) is 39.4 Å². The van der Waals surface area contributed by atoms with Gasteiger partial charge < -0.3 is 13.7 Å². The van der Waals surface area contributed by atoms with E-state index in [1.165, 1.54) is 23.2 Å². The van der Waals surface area contributed by atoms with Gasteiger partial charge in [-0.2, -0.15) is 4.98 Å². The number of imidazole rings is 1. The van der Waals surface area contributed by atoms with Gasteiger partial charge in [-0.25, -0.2) is 4.98 Å². The molecular weight excluding hydrogens is 414 g/mol. The molecule has 0 spiro atoms. The third kappa shape index (κ3) is 3.92. The van der Waals surface area contributed by atoms with Crippen LogP contribution in [-0.4, -0.2) is 50.7 Å². The molecule has 1 fully saturated rings. The van der Waals surface area contributed by atoms with Gasteiger partial charge in [0.05, 0.1) is 24.6 Å². The first kappa shape index (κ1) is 19.8. The lowest BCUT2D eigenvalue weighted by Gasteiger charge is -2.26. The fourth-order valence-corrected chi connectivity index (χ4v) is 4.32. The Bertz CT molecular complexity index is 1360. The first-order chi connectivity index (χ1) is 16.3. The Morgan fingerprint density at radius 3 is 2.30 bits per heavy atom. The summed E-state index contributed by atoms with van der Waals surface area (Å²) in [4.78, 5) is 11.6. The van der Waals surface area contributed by atoms with E-state index in [0.717, 1.165) is 55.3 Å². The maximum absolute atomic E-state index is 5.56. The SMILES string of the molecule is c1ccc(-c2ccc3nc(-c4ccc(-c5ncon5)cc4)c(CN4CCOCC4)n3c2)cc1. The van der Waals surface area contributed by atoms with Gasteiger partial charge in [-0.15, -0.1) is 0 Å². The number of ether oxygens (including phenoxy) is 1. The molecule has 7 heteroatoms. The van der Waals surface area contributed by atoms with Gasteiger partial charge in [0.25, 0.3) is 0 Å². The Morgan fingerprint density at radius 1 is 0.788 bits per heavy atom. The van der Waals surface area contributed by atoms with Crippen LogP contribution in [0.4, 0.5) is 0 Å². The quantitative estimate of drug-likeness (QED) is 0.402. The molecule has 2 aromatic carbocycles. The van der Waals surface area contributed by atoms with Crippen LogP contribution in [0, 0.1) is 0 Å². The minimum Gasteiger partial charge on any atom is -0.379 e. The van der Waals surface area contributed by atoms with E-state index < -0.39 is 0 Å². The lowest BCUT2D eigenvalue weighted by molar-refractivity contribution is 0.0336. The largest absolute Gasteiger partial charge is 0.379 e. The molecule has 1 aliphatic rings. The third-order valence-electron chi connectivity index (χ3n) is 6.08. The normalized spacial score (nSPS) is 14.7. The predicted molar refractivity (Wildman–Crippen MR) is 125 cm³/mol. The number of fused-ring (bicyclic) bond motifs is 1. The maximum Gasteiger partial charge on any atom is 0.214 e. The number of hydrogen-bond acceptors (Lipinski definition) is 6. The summed E-state index contributed by atoms with van der Waals surface area (Å²) in [5.41, 5.74) is 7.45. The van der Waals surface area contributed by atoms with E-state index in [0.29, 0.717) is 5.82 Å². The molecule has 3 aromatic heterocycles. The smallest absolute Gasteiger partial charge is 0.214 e.